The highest BCUT2D eigenvalue weighted by Crippen LogP contribution is 2.35. The number of benzene rings is 2. The van der Waals surface area contributed by atoms with Crippen molar-refractivity contribution in [2.24, 2.45) is 0 Å². The quantitative estimate of drug-likeness (QED) is 0.268. The van der Waals surface area contributed by atoms with Gasteiger partial charge in [-0.15, -0.1) is 0 Å². The second-order valence-corrected chi connectivity index (χ2v) is 6.05. The van der Waals surface area contributed by atoms with Crippen LogP contribution in [0.3, 0.4) is 0 Å². The Morgan fingerprint density at radius 2 is 1.38 bits per heavy atom. The molecule has 7 heteroatoms. The fourth-order valence-corrected chi connectivity index (χ4v) is 2.10. The van der Waals surface area contributed by atoms with Gasteiger partial charge in [-0.25, -0.2) is 9.59 Å². The zero-order valence-electron chi connectivity index (χ0n) is 15.8. The van der Waals surface area contributed by atoms with Gasteiger partial charge in [-0.05, 0) is 43.7 Å². The minimum absolute atomic E-state index is 0.0384. The van der Waals surface area contributed by atoms with Gasteiger partial charge in [-0.1, -0.05) is 25.3 Å². The van der Waals surface area contributed by atoms with Crippen molar-refractivity contribution in [2.45, 2.75) is 13.8 Å². The van der Waals surface area contributed by atoms with Crippen molar-refractivity contribution in [3.05, 3.63) is 79.1 Å². The van der Waals surface area contributed by atoms with E-state index < -0.39 is 18.0 Å². The van der Waals surface area contributed by atoms with E-state index in [1.807, 2.05) is 0 Å². The molecule has 0 radical (unpaired) electrons. The Morgan fingerprint density at radius 1 is 0.862 bits per heavy atom. The SMILES string of the molecule is C=C(C)C(=O)Oc1ccc(-c2ccc(OC(=O)C(=C)C)cc2OC=C(F)F)cc1. The third kappa shape index (κ3) is 6.14. The van der Waals surface area contributed by atoms with Crippen molar-refractivity contribution < 1.29 is 32.6 Å². The number of esters is 2. The normalized spacial score (nSPS) is 9.93. The number of halogens is 2. The number of rotatable bonds is 7. The standard InChI is InChI=1S/C22H18F2O5/c1-13(2)21(25)28-16-7-5-15(6-8-16)18-10-9-17(29-22(26)14(3)4)11-19(18)27-12-20(23)24/h5-12H,1,3H2,2,4H3. The molecule has 2 aromatic carbocycles. The monoisotopic (exact) mass is 400 g/mol. The summed E-state index contributed by atoms with van der Waals surface area (Å²) in [6.45, 7) is 10.00. The van der Waals surface area contributed by atoms with Crippen LogP contribution in [0.2, 0.25) is 0 Å². The molecule has 5 nitrogen and oxygen atoms in total. The Labute approximate surface area is 166 Å². The van der Waals surface area contributed by atoms with E-state index in [9.17, 15) is 18.4 Å². The predicted molar refractivity (Wildman–Crippen MR) is 104 cm³/mol. The number of hydrogen-bond donors (Lipinski definition) is 0. The lowest BCUT2D eigenvalue weighted by atomic mass is 10.0. The Morgan fingerprint density at radius 3 is 1.90 bits per heavy atom. The predicted octanol–water partition coefficient (Wildman–Crippen LogP) is 5.43. The Hall–Kier alpha value is -3.74. The van der Waals surface area contributed by atoms with Gasteiger partial charge in [0.05, 0.1) is 0 Å². The molecule has 0 aromatic heterocycles. The summed E-state index contributed by atoms with van der Waals surface area (Å²) in [5.41, 5.74) is 1.49. The van der Waals surface area contributed by atoms with Crippen LogP contribution in [0, 0.1) is 0 Å². The molecule has 2 aromatic rings. The Bertz CT molecular complexity index is 987. The summed E-state index contributed by atoms with van der Waals surface area (Å²) in [6.07, 6.45) is -1.74. The van der Waals surface area contributed by atoms with E-state index in [4.69, 9.17) is 14.2 Å². The molecule has 0 unspecified atom stereocenters. The van der Waals surface area contributed by atoms with Gasteiger partial charge in [0.2, 0.25) is 0 Å². The fraction of sp³-hybridized carbons (Fsp3) is 0.0909. The van der Waals surface area contributed by atoms with Crippen LogP contribution in [0.25, 0.3) is 11.1 Å². The number of carbonyl (C=O) groups excluding carboxylic acids is 2. The highest BCUT2D eigenvalue weighted by Gasteiger charge is 2.13. The van der Waals surface area contributed by atoms with Crippen molar-refractivity contribution >= 4 is 11.9 Å². The maximum absolute atomic E-state index is 12.5. The first-order chi connectivity index (χ1) is 13.7. The van der Waals surface area contributed by atoms with Gasteiger partial charge in [-0.2, -0.15) is 8.78 Å². The molecule has 0 spiro atoms. The Kier molecular flexibility index (Phi) is 7.03. The van der Waals surface area contributed by atoms with E-state index in [1.54, 1.807) is 30.3 Å². The Balaban J connectivity index is 2.35. The molecular formula is C22H18F2O5. The summed E-state index contributed by atoms with van der Waals surface area (Å²) in [6, 6.07) is 10.7. The van der Waals surface area contributed by atoms with Crippen molar-refractivity contribution in [3.8, 4) is 28.4 Å². The highest BCUT2D eigenvalue weighted by atomic mass is 19.3. The lowest BCUT2D eigenvalue weighted by molar-refractivity contribution is -0.130. The average molecular weight is 400 g/mol. The summed E-state index contributed by atoms with van der Waals surface area (Å²) < 4.78 is 40.3. The molecule has 0 N–H and O–H groups in total. The molecule has 0 aliphatic carbocycles. The smallest absolute Gasteiger partial charge is 0.338 e. The van der Waals surface area contributed by atoms with Crippen molar-refractivity contribution in [1.82, 2.24) is 0 Å². The second-order valence-electron chi connectivity index (χ2n) is 6.05. The first-order valence-corrected chi connectivity index (χ1v) is 8.35. The van der Waals surface area contributed by atoms with Crippen LogP contribution in [0.5, 0.6) is 17.2 Å². The van der Waals surface area contributed by atoms with Crippen LogP contribution in [-0.4, -0.2) is 11.9 Å². The molecule has 0 atom stereocenters. The van der Waals surface area contributed by atoms with E-state index in [2.05, 4.69) is 13.2 Å². The lowest BCUT2D eigenvalue weighted by Crippen LogP contribution is -2.08. The van der Waals surface area contributed by atoms with Gasteiger partial charge in [0, 0.05) is 22.8 Å². The molecule has 29 heavy (non-hydrogen) atoms. The summed E-state index contributed by atoms with van der Waals surface area (Å²) >= 11 is 0. The average Bonchev–Trinajstić information content (AvgIpc) is 2.67. The van der Waals surface area contributed by atoms with Gasteiger partial charge in [0.25, 0.3) is 0 Å². The molecule has 0 saturated heterocycles. The first kappa shape index (κ1) is 21.6. The van der Waals surface area contributed by atoms with Gasteiger partial charge in [-0.3, -0.25) is 0 Å². The van der Waals surface area contributed by atoms with E-state index in [1.165, 1.54) is 26.0 Å². The molecule has 0 fully saturated rings. The number of hydrogen-bond acceptors (Lipinski definition) is 5. The molecule has 150 valence electrons. The van der Waals surface area contributed by atoms with E-state index >= 15 is 0 Å². The van der Waals surface area contributed by atoms with Gasteiger partial charge >= 0.3 is 18.0 Å². The minimum atomic E-state index is -2.03. The van der Waals surface area contributed by atoms with Crippen LogP contribution in [0.15, 0.2) is 79.1 Å². The third-order valence-electron chi connectivity index (χ3n) is 3.51. The van der Waals surface area contributed by atoms with Crippen molar-refractivity contribution in [2.75, 3.05) is 0 Å². The molecule has 0 heterocycles. The first-order valence-electron chi connectivity index (χ1n) is 8.35. The number of ether oxygens (including phenoxy) is 3. The molecule has 0 aliphatic heterocycles. The van der Waals surface area contributed by atoms with Gasteiger partial charge < -0.3 is 14.2 Å². The highest BCUT2D eigenvalue weighted by molar-refractivity contribution is 5.89. The summed E-state index contributed by atoms with van der Waals surface area (Å²) in [4.78, 5) is 23.3. The zero-order valence-corrected chi connectivity index (χ0v) is 15.8. The van der Waals surface area contributed by atoms with Crippen molar-refractivity contribution in [3.63, 3.8) is 0 Å². The van der Waals surface area contributed by atoms with Crippen LogP contribution in [0.4, 0.5) is 8.78 Å². The van der Waals surface area contributed by atoms with Gasteiger partial charge in [0.1, 0.15) is 17.2 Å². The van der Waals surface area contributed by atoms with Crippen LogP contribution < -0.4 is 14.2 Å². The lowest BCUT2D eigenvalue weighted by Gasteiger charge is -2.12. The molecule has 0 aliphatic rings. The summed E-state index contributed by atoms with van der Waals surface area (Å²) in [7, 11) is 0. The third-order valence-corrected chi connectivity index (χ3v) is 3.51. The molecular weight excluding hydrogens is 382 g/mol. The van der Waals surface area contributed by atoms with E-state index in [-0.39, 0.29) is 28.9 Å². The summed E-state index contributed by atoms with van der Waals surface area (Å²) in [5.74, 6) is -0.771. The van der Waals surface area contributed by atoms with Crippen LogP contribution in [0.1, 0.15) is 13.8 Å². The van der Waals surface area contributed by atoms with Gasteiger partial charge in [0.15, 0.2) is 6.26 Å². The van der Waals surface area contributed by atoms with Crippen molar-refractivity contribution in [1.29, 1.82) is 0 Å². The zero-order chi connectivity index (χ0) is 21.6. The maximum Gasteiger partial charge on any atom is 0.338 e. The minimum Gasteiger partial charge on any atom is -0.459 e. The largest absolute Gasteiger partial charge is 0.459 e. The molecule has 0 saturated carbocycles. The van der Waals surface area contributed by atoms with Crippen LogP contribution >= 0.6 is 0 Å². The van der Waals surface area contributed by atoms with Crippen LogP contribution in [-0.2, 0) is 9.59 Å². The topological polar surface area (TPSA) is 61.8 Å². The van der Waals surface area contributed by atoms with E-state index in [0.717, 1.165) is 0 Å². The number of carbonyl (C=O) groups is 2. The fourth-order valence-electron chi connectivity index (χ4n) is 2.10. The molecule has 0 bridgehead atoms. The molecule has 0 amide bonds. The molecule has 2 rings (SSSR count). The maximum atomic E-state index is 12.5. The second kappa shape index (κ2) is 9.45. The summed E-state index contributed by atoms with van der Waals surface area (Å²) in [5, 5.41) is 0. The van der Waals surface area contributed by atoms with E-state index in [0.29, 0.717) is 16.9 Å².